The number of hydrogen-bond donors (Lipinski definition) is 1. The zero-order chi connectivity index (χ0) is 17.7. The van der Waals surface area contributed by atoms with Crippen LogP contribution in [-0.2, 0) is 11.2 Å². The first-order valence-electron chi connectivity index (χ1n) is 8.85. The highest BCUT2D eigenvalue weighted by Gasteiger charge is 2.01. The molecule has 4 heteroatoms. The fourth-order valence-corrected chi connectivity index (χ4v) is 2.50. The molecule has 2 aromatic carbocycles. The molecule has 0 heterocycles. The average molecular weight is 342 g/mol. The standard InChI is InChI=1S/C21H26O4/c22-21(23)14-13-18-9-8-12-20(17-18)25-16-7-2-1-6-15-24-19-10-4-3-5-11-19/h3-5,8-12,17H,1-2,6-7,13-16H2,(H,22,23). The second-order valence-electron chi connectivity index (χ2n) is 5.97. The molecule has 0 unspecified atom stereocenters. The van der Waals surface area contributed by atoms with Crippen LogP contribution >= 0.6 is 0 Å². The fourth-order valence-electron chi connectivity index (χ4n) is 2.50. The van der Waals surface area contributed by atoms with Crippen molar-refractivity contribution in [2.45, 2.75) is 38.5 Å². The van der Waals surface area contributed by atoms with E-state index in [4.69, 9.17) is 14.6 Å². The number of carboxylic acids is 1. The summed E-state index contributed by atoms with van der Waals surface area (Å²) in [4.78, 5) is 10.6. The van der Waals surface area contributed by atoms with Crippen molar-refractivity contribution in [3.63, 3.8) is 0 Å². The number of carbonyl (C=O) groups is 1. The quantitative estimate of drug-likeness (QED) is 0.567. The van der Waals surface area contributed by atoms with Crippen molar-refractivity contribution in [2.75, 3.05) is 13.2 Å². The van der Waals surface area contributed by atoms with Crippen LogP contribution < -0.4 is 9.47 Å². The summed E-state index contributed by atoms with van der Waals surface area (Å²) in [6.07, 6.45) is 4.96. The Hall–Kier alpha value is -2.49. The molecule has 0 aliphatic heterocycles. The number of aryl methyl sites for hydroxylation is 1. The van der Waals surface area contributed by atoms with Crippen LogP contribution in [-0.4, -0.2) is 24.3 Å². The molecule has 1 N–H and O–H groups in total. The topological polar surface area (TPSA) is 55.8 Å². The first-order chi connectivity index (χ1) is 12.2. The summed E-state index contributed by atoms with van der Waals surface area (Å²) >= 11 is 0. The van der Waals surface area contributed by atoms with Crippen molar-refractivity contribution in [3.05, 3.63) is 60.2 Å². The van der Waals surface area contributed by atoms with Crippen molar-refractivity contribution < 1.29 is 19.4 Å². The van der Waals surface area contributed by atoms with Gasteiger partial charge >= 0.3 is 5.97 Å². The SMILES string of the molecule is O=C(O)CCc1cccc(OCCCCCCOc2ccccc2)c1. The molecule has 134 valence electrons. The van der Waals surface area contributed by atoms with Crippen LogP contribution in [0.3, 0.4) is 0 Å². The number of unbranched alkanes of at least 4 members (excludes halogenated alkanes) is 3. The van der Waals surface area contributed by atoms with Crippen LogP contribution in [0.5, 0.6) is 11.5 Å². The van der Waals surface area contributed by atoms with Crippen molar-refractivity contribution in [2.24, 2.45) is 0 Å². The van der Waals surface area contributed by atoms with Gasteiger partial charge in [0.15, 0.2) is 0 Å². The third kappa shape index (κ3) is 8.25. The molecule has 0 atom stereocenters. The molecule has 0 aliphatic carbocycles. The van der Waals surface area contributed by atoms with E-state index in [1.807, 2.05) is 54.6 Å². The monoisotopic (exact) mass is 342 g/mol. The highest BCUT2D eigenvalue weighted by molar-refractivity contribution is 5.67. The molecule has 0 amide bonds. The Morgan fingerprint density at radius 1 is 0.800 bits per heavy atom. The molecule has 2 rings (SSSR count). The minimum Gasteiger partial charge on any atom is -0.494 e. The van der Waals surface area contributed by atoms with E-state index < -0.39 is 5.97 Å². The van der Waals surface area contributed by atoms with Crippen molar-refractivity contribution >= 4 is 5.97 Å². The molecule has 0 saturated carbocycles. The Balaban J connectivity index is 1.52. The maximum absolute atomic E-state index is 10.6. The van der Waals surface area contributed by atoms with Gasteiger partial charge in [-0.15, -0.1) is 0 Å². The number of aliphatic carboxylic acids is 1. The van der Waals surface area contributed by atoms with Gasteiger partial charge in [0.1, 0.15) is 11.5 Å². The maximum Gasteiger partial charge on any atom is 0.303 e. The van der Waals surface area contributed by atoms with Crippen LogP contribution in [0.1, 0.15) is 37.7 Å². The molecule has 0 bridgehead atoms. The molecule has 4 nitrogen and oxygen atoms in total. The number of para-hydroxylation sites is 1. The van der Waals surface area contributed by atoms with Gasteiger partial charge in [-0.3, -0.25) is 4.79 Å². The summed E-state index contributed by atoms with van der Waals surface area (Å²) in [6, 6.07) is 17.6. The smallest absolute Gasteiger partial charge is 0.303 e. The van der Waals surface area contributed by atoms with Gasteiger partial charge in [0.2, 0.25) is 0 Å². The zero-order valence-corrected chi connectivity index (χ0v) is 14.5. The second kappa shape index (κ2) is 11.1. The number of rotatable bonds is 12. The largest absolute Gasteiger partial charge is 0.494 e. The van der Waals surface area contributed by atoms with E-state index >= 15 is 0 Å². The third-order valence-corrected chi connectivity index (χ3v) is 3.85. The van der Waals surface area contributed by atoms with E-state index in [-0.39, 0.29) is 6.42 Å². The van der Waals surface area contributed by atoms with Crippen LogP contribution in [0.4, 0.5) is 0 Å². The number of ether oxygens (including phenoxy) is 2. The molecular weight excluding hydrogens is 316 g/mol. The lowest BCUT2D eigenvalue weighted by Crippen LogP contribution is -2.01. The molecule has 0 saturated heterocycles. The predicted molar refractivity (Wildman–Crippen MR) is 98.3 cm³/mol. The lowest BCUT2D eigenvalue weighted by atomic mass is 10.1. The van der Waals surface area contributed by atoms with E-state index in [2.05, 4.69) is 0 Å². The predicted octanol–water partition coefficient (Wildman–Crippen LogP) is 4.72. The minimum absolute atomic E-state index is 0.147. The molecule has 25 heavy (non-hydrogen) atoms. The fraction of sp³-hybridized carbons (Fsp3) is 0.381. The minimum atomic E-state index is -0.775. The average Bonchev–Trinajstić information content (AvgIpc) is 2.63. The summed E-state index contributed by atoms with van der Waals surface area (Å²) in [5, 5.41) is 8.73. The number of carboxylic acid groups (broad SMARTS) is 1. The highest BCUT2D eigenvalue weighted by Crippen LogP contribution is 2.15. The van der Waals surface area contributed by atoms with Gasteiger partial charge in [-0.25, -0.2) is 0 Å². The van der Waals surface area contributed by atoms with Gasteiger partial charge in [0.25, 0.3) is 0 Å². The first-order valence-corrected chi connectivity index (χ1v) is 8.85. The van der Waals surface area contributed by atoms with Gasteiger partial charge in [-0.05, 0) is 61.9 Å². The summed E-state index contributed by atoms with van der Waals surface area (Å²) in [6.45, 7) is 1.43. The Kier molecular flexibility index (Phi) is 8.39. The lowest BCUT2D eigenvalue weighted by molar-refractivity contribution is -0.136. The van der Waals surface area contributed by atoms with Gasteiger partial charge in [-0.2, -0.15) is 0 Å². The first kappa shape index (κ1) is 18.8. The van der Waals surface area contributed by atoms with E-state index in [0.29, 0.717) is 13.0 Å². The molecular formula is C21H26O4. The Bertz CT molecular complexity index is 625. The molecule has 2 aromatic rings. The van der Waals surface area contributed by atoms with E-state index in [1.54, 1.807) is 0 Å². The van der Waals surface area contributed by atoms with Crippen molar-refractivity contribution in [1.82, 2.24) is 0 Å². The molecule has 0 radical (unpaired) electrons. The Labute approximate surface area is 149 Å². The molecule has 0 fully saturated rings. The van der Waals surface area contributed by atoms with Crippen molar-refractivity contribution in [3.8, 4) is 11.5 Å². The van der Waals surface area contributed by atoms with E-state index in [9.17, 15) is 4.79 Å². The number of hydrogen-bond acceptors (Lipinski definition) is 3. The zero-order valence-electron chi connectivity index (χ0n) is 14.5. The summed E-state index contributed by atoms with van der Waals surface area (Å²) < 4.78 is 11.4. The Morgan fingerprint density at radius 2 is 1.44 bits per heavy atom. The van der Waals surface area contributed by atoms with E-state index in [1.165, 1.54) is 0 Å². The van der Waals surface area contributed by atoms with Crippen molar-refractivity contribution in [1.29, 1.82) is 0 Å². The molecule has 0 spiro atoms. The second-order valence-corrected chi connectivity index (χ2v) is 5.97. The maximum atomic E-state index is 10.6. The van der Waals surface area contributed by atoms with Crippen LogP contribution in [0.25, 0.3) is 0 Å². The third-order valence-electron chi connectivity index (χ3n) is 3.85. The summed E-state index contributed by atoms with van der Waals surface area (Å²) in [7, 11) is 0. The van der Waals surface area contributed by atoms with Gasteiger partial charge in [0.05, 0.1) is 13.2 Å². The Morgan fingerprint density at radius 3 is 2.12 bits per heavy atom. The lowest BCUT2D eigenvalue weighted by Gasteiger charge is -2.08. The molecule has 0 aliphatic rings. The van der Waals surface area contributed by atoms with E-state index in [0.717, 1.165) is 49.4 Å². The molecule has 0 aromatic heterocycles. The van der Waals surface area contributed by atoms with Crippen LogP contribution in [0.2, 0.25) is 0 Å². The van der Waals surface area contributed by atoms with Gasteiger partial charge in [0, 0.05) is 6.42 Å². The van der Waals surface area contributed by atoms with Gasteiger partial charge in [-0.1, -0.05) is 30.3 Å². The van der Waals surface area contributed by atoms with Gasteiger partial charge < -0.3 is 14.6 Å². The summed E-state index contributed by atoms with van der Waals surface area (Å²) in [5.74, 6) is 0.964. The summed E-state index contributed by atoms with van der Waals surface area (Å²) in [5.41, 5.74) is 0.998. The van der Waals surface area contributed by atoms with Crippen LogP contribution in [0.15, 0.2) is 54.6 Å². The highest BCUT2D eigenvalue weighted by atomic mass is 16.5. The normalized spacial score (nSPS) is 10.4. The van der Waals surface area contributed by atoms with Crippen LogP contribution in [0, 0.1) is 0 Å². The number of benzene rings is 2.